The Balaban J connectivity index is 2.05. The maximum atomic E-state index is 13.2. The Morgan fingerprint density at radius 3 is 2.08 bits per heavy atom. The normalized spacial score (nSPS) is 12.0. The fraction of sp³-hybridized carbons (Fsp3) is 0.188. The lowest BCUT2D eigenvalue weighted by Gasteiger charge is -2.20. The summed E-state index contributed by atoms with van der Waals surface area (Å²) >= 11 is 0. The van der Waals surface area contributed by atoms with Crippen LogP contribution in [-0.4, -0.2) is 12.1 Å². The summed E-state index contributed by atoms with van der Waals surface area (Å²) in [6.45, 7) is -0.0367. The third-order valence-corrected chi connectivity index (χ3v) is 3.33. The van der Waals surface area contributed by atoms with Crippen LogP contribution < -0.4 is 11.1 Å². The molecule has 2 aromatic rings. The molecule has 24 heavy (non-hydrogen) atoms. The van der Waals surface area contributed by atoms with Crippen LogP contribution in [0.4, 0.5) is 27.6 Å². The Labute approximate surface area is 134 Å². The standard InChI is InChI=1S/C16H13F5N2O/c17-15(18,16(19,20)21)11-7-5-10(6-8-11)9-23-14(24)12-3-1-2-4-13(12)22/h1-8H,9,22H2,(H,23,24). The number of halogens is 5. The van der Waals surface area contributed by atoms with Crippen molar-refractivity contribution in [3.63, 3.8) is 0 Å². The van der Waals surface area contributed by atoms with E-state index in [9.17, 15) is 26.7 Å². The highest BCUT2D eigenvalue weighted by Crippen LogP contribution is 2.43. The smallest absolute Gasteiger partial charge is 0.398 e. The summed E-state index contributed by atoms with van der Waals surface area (Å²) in [6, 6.07) is 9.91. The first-order chi connectivity index (χ1) is 11.1. The molecular weight excluding hydrogens is 331 g/mol. The van der Waals surface area contributed by atoms with E-state index in [-0.39, 0.29) is 17.8 Å². The van der Waals surface area contributed by atoms with Gasteiger partial charge >= 0.3 is 12.1 Å². The molecule has 2 aromatic carbocycles. The second-order valence-electron chi connectivity index (χ2n) is 5.04. The number of nitrogens with one attached hydrogen (secondary N) is 1. The minimum atomic E-state index is -5.66. The van der Waals surface area contributed by atoms with Crippen LogP contribution in [0.5, 0.6) is 0 Å². The van der Waals surface area contributed by atoms with Crippen molar-refractivity contribution in [2.75, 3.05) is 5.73 Å². The minimum absolute atomic E-state index is 0.0367. The van der Waals surface area contributed by atoms with Gasteiger partial charge in [0, 0.05) is 17.8 Å². The van der Waals surface area contributed by atoms with Gasteiger partial charge in [-0.15, -0.1) is 0 Å². The summed E-state index contributed by atoms with van der Waals surface area (Å²) in [4.78, 5) is 11.9. The fourth-order valence-electron chi connectivity index (χ4n) is 1.98. The van der Waals surface area contributed by atoms with Gasteiger partial charge in [-0.1, -0.05) is 36.4 Å². The van der Waals surface area contributed by atoms with Crippen LogP contribution in [-0.2, 0) is 12.5 Å². The minimum Gasteiger partial charge on any atom is -0.398 e. The van der Waals surface area contributed by atoms with Crippen LogP contribution in [0.1, 0.15) is 21.5 Å². The average molecular weight is 344 g/mol. The van der Waals surface area contributed by atoms with Crippen molar-refractivity contribution in [1.82, 2.24) is 5.32 Å². The molecule has 0 aliphatic heterocycles. The first-order valence-electron chi connectivity index (χ1n) is 6.79. The molecule has 0 saturated carbocycles. The molecule has 0 unspecified atom stereocenters. The van der Waals surface area contributed by atoms with E-state index in [1.807, 2.05) is 0 Å². The van der Waals surface area contributed by atoms with Crippen molar-refractivity contribution < 1.29 is 26.7 Å². The number of carbonyl (C=O) groups is 1. The quantitative estimate of drug-likeness (QED) is 0.654. The van der Waals surface area contributed by atoms with Crippen LogP contribution in [0.3, 0.4) is 0 Å². The Bertz CT molecular complexity index is 726. The van der Waals surface area contributed by atoms with Crippen LogP contribution in [0.25, 0.3) is 0 Å². The number of hydrogen-bond donors (Lipinski definition) is 2. The highest BCUT2D eigenvalue weighted by Gasteiger charge is 2.58. The number of para-hydroxylation sites is 1. The Morgan fingerprint density at radius 2 is 1.54 bits per heavy atom. The van der Waals surface area contributed by atoms with Gasteiger partial charge in [-0.3, -0.25) is 4.79 Å². The summed E-state index contributed by atoms with van der Waals surface area (Å²) in [5.41, 5.74) is 5.39. The van der Waals surface area contributed by atoms with Crippen LogP contribution >= 0.6 is 0 Å². The van der Waals surface area contributed by atoms with E-state index in [1.54, 1.807) is 18.2 Å². The molecule has 0 spiro atoms. The van der Waals surface area contributed by atoms with E-state index in [1.165, 1.54) is 6.07 Å². The number of alkyl halides is 5. The highest BCUT2D eigenvalue weighted by molar-refractivity contribution is 5.98. The molecule has 0 aliphatic rings. The first-order valence-corrected chi connectivity index (χ1v) is 6.79. The van der Waals surface area contributed by atoms with E-state index in [4.69, 9.17) is 5.73 Å². The number of rotatable bonds is 4. The SMILES string of the molecule is Nc1ccccc1C(=O)NCc1ccc(C(F)(F)C(F)(F)F)cc1. The summed E-state index contributed by atoms with van der Waals surface area (Å²) in [5, 5.41) is 2.52. The first kappa shape index (κ1) is 17.7. The number of hydrogen-bond acceptors (Lipinski definition) is 2. The van der Waals surface area contributed by atoms with Crippen LogP contribution in [0.2, 0.25) is 0 Å². The summed E-state index contributed by atoms with van der Waals surface area (Å²) in [5.74, 6) is -5.40. The lowest BCUT2D eigenvalue weighted by Crippen LogP contribution is -2.33. The van der Waals surface area contributed by atoms with E-state index < -0.39 is 23.6 Å². The second-order valence-corrected chi connectivity index (χ2v) is 5.04. The van der Waals surface area contributed by atoms with Gasteiger partial charge in [-0.25, -0.2) is 0 Å². The second kappa shape index (κ2) is 6.46. The van der Waals surface area contributed by atoms with Gasteiger partial charge in [-0.05, 0) is 17.7 Å². The van der Waals surface area contributed by atoms with E-state index in [0.717, 1.165) is 12.1 Å². The molecule has 0 saturated heterocycles. The number of benzene rings is 2. The molecule has 0 radical (unpaired) electrons. The highest BCUT2D eigenvalue weighted by atomic mass is 19.4. The molecule has 0 bridgehead atoms. The number of carbonyl (C=O) groups excluding carboxylic acids is 1. The lowest BCUT2D eigenvalue weighted by molar-refractivity contribution is -0.289. The number of anilines is 1. The third kappa shape index (κ3) is 3.64. The van der Waals surface area contributed by atoms with Gasteiger partial charge in [-0.2, -0.15) is 22.0 Å². The van der Waals surface area contributed by atoms with Gasteiger partial charge < -0.3 is 11.1 Å². The van der Waals surface area contributed by atoms with E-state index in [0.29, 0.717) is 17.7 Å². The van der Waals surface area contributed by atoms with Gasteiger partial charge in [0.25, 0.3) is 5.91 Å². The molecule has 0 heterocycles. The molecular formula is C16H13F5N2O. The molecule has 1 amide bonds. The molecule has 0 aromatic heterocycles. The van der Waals surface area contributed by atoms with Crippen LogP contribution in [0.15, 0.2) is 48.5 Å². The van der Waals surface area contributed by atoms with Crippen molar-refractivity contribution >= 4 is 11.6 Å². The molecule has 128 valence electrons. The van der Waals surface area contributed by atoms with E-state index in [2.05, 4.69) is 5.32 Å². The Morgan fingerprint density at radius 1 is 0.958 bits per heavy atom. The maximum absolute atomic E-state index is 13.2. The molecule has 0 aliphatic carbocycles. The number of amides is 1. The van der Waals surface area contributed by atoms with Crippen LogP contribution in [0, 0.1) is 0 Å². The van der Waals surface area contributed by atoms with E-state index >= 15 is 0 Å². The zero-order valence-electron chi connectivity index (χ0n) is 12.2. The molecule has 3 N–H and O–H groups in total. The number of nitrogens with two attached hydrogens (primary N) is 1. The summed E-state index contributed by atoms with van der Waals surface area (Å²) in [6.07, 6.45) is -5.66. The molecule has 2 rings (SSSR count). The monoisotopic (exact) mass is 344 g/mol. The molecule has 8 heteroatoms. The lowest BCUT2D eigenvalue weighted by atomic mass is 10.1. The topological polar surface area (TPSA) is 55.1 Å². The van der Waals surface area contributed by atoms with Crippen molar-refractivity contribution in [3.05, 3.63) is 65.2 Å². The Kier molecular flexibility index (Phi) is 4.77. The zero-order valence-corrected chi connectivity index (χ0v) is 12.2. The Hall–Kier alpha value is -2.64. The fourth-order valence-corrected chi connectivity index (χ4v) is 1.98. The van der Waals surface area contributed by atoms with Gasteiger partial charge in [0.05, 0.1) is 5.56 Å². The van der Waals surface area contributed by atoms with Gasteiger partial charge in [0.2, 0.25) is 0 Å². The summed E-state index contributed by atoms with van der Waals surface area (Å²) in [7, 11) is 0. The number of nitrogen functional groups attached to an aromatic ring is 1. The predicted molar refractivity (Wildman–Crippen MR) is 78.4 cm³/mol. The maximum Gasteiger partial charge on any atom is 0.458 e. The predicted octanol–water partition coefficient (Wildman–Crippen LogP) is 3.85. The average Bonchev–Trinajstić information content (AvgIpc) is 2.52. The molecule has 0 atom stereocenters. The molecule has 0 fully saturated rings. The van der Waals surface area contributed by atoms with Gasteiger partial charge in [0.15, 0.2) is 0 Å². The van der Waals surface area contributed by atoms with Crippen molar-refractivity contribution in [3.8, 4) is 0 Å². The largest absolute Gasteiger partial charge is 0.458 e. The zero-order chi connectivity index (χ0) is 18.0. The third-order valence-electron chi connectivity index (χ3n) is 3.33. The summed E-state index contributed by atoms with van der Waals surface area (Å²) < 4.78 is 63.2. The van der Waals surface area contributed by atoms with Crippen molar-refractivity contribution in [1.29, 1.82) is 0 Å². The van der Waals surface area contributed by atoms with Gasteiger partial charge in [0.1, 0.15) is 0 Å². The van der Waals surface area contributed by atoms with Crippen molar-refractivity contribution in [2.45, 2.75) is 18.6 Å². The molecule has 3 nitrogen and oxygen atoms in total. The van der Waals surface area contributed by atoms with Crippen molar-refractivity contribution in [2.24, 2.45) is 0 Å².